The first-order valence-corrected chi connectivity index (χ1v) is 11.2. The van der Waals surface area contributed by atoms with E-state index in [1.54, 1.807) is 41.5 Å². The first kappa shape index (κ1) is 26.6. The van der Waals surface area contributed by atoms with E-state index in [0.29, 0.717) is 6.42 Å². The normalized spacial score (nSPS) is 18.5. The van der Waals surface area contributed by atoms with Gasteiger partial charge in [0.25, 0.3) is 0 Å². The van der Waals surface area contributed by atoms with Gasteiger partial charge in [0.1, 0.15) is 17.9 Å². The summed E-state index contributed by atoms with van der Waals surface area (Å²) >= 11 is 0. The highest BCUT2D eigenvalue weighted by Crippen LogP contribution is 2.22. The molecule has 9 nitrogen and oxygen atoms in total. The van der Waals surface area contributed by atoms with Crippen molar-refractivity contribution in [3.63, 3.8) is 0 Å². The van der Waals surface area contributed by atoms with E-state index in [1.165, 1.54) is 0 Å². The summed E-state index contributed by atoms with van der Waals surface area (Å²) in [5, 5.41) is 13.2. The van der Waals surface area contributed by atoms with Crippen LogP contribution in [-0.4, -0.2) is 64.8 Å². The van der Waals surface area contributed by atoms with Crippen LogP contribution in [0.25, 0.3) is 0 Å². The maximum absolute atomic E-state index is 13.0. The van der Waals surface area contributed by atoms with Crippen LogP contribution in [0.4, 0.5) is 9.59 Å². The molecule has 1 aromatic rings. The molecular formula is C24H36N2O7. The van der Waals surface area contributed by atoms with Gasteiger partial charge in [0.2, 0.25) is 5.91 Å². The number of rotatable bonds is 9. The fourth-order valence-electron chi connectivity index (χ4n) is 3.42. The van der Waals surface area contributed by atoms with Gasteiger partial charge in [0.05, 0.1) is 24.7 Å². The van der Waals surface area contributed by atoms with Crippen molar-refractivity contribution < 1.29 is 33.7 Å². The van der Waals surface area contributed by atoms with Crippen molar-refractivity contribution >= 4 is 18.1 Å². The minimum atomic E-state index is -1.04. The SMILES string of the molecule is C[C@@H](C(=O)N1C(=O)OC[C@H]1Cc1ccccc1)[C@@H](O)CCOC(C)(C)NC(=O)OC(C)(C)C. The zero-order valence-corrected chi connectivity index (χ0v) is 20.3. The molecule has 1 fully saturated rings. The van der Waals surface area contributed by atoms with Crippen LogP contribution >= 0.6 is 0 Å². The number of nitrogens with zero attached hydrogens (tertiary/aromatic N) is 1. The van der Waals surface area contributed by atoms with Crippen molar-refractivity contribution in [2.45, 2.75) is 77.9 Å². The average Bonchev–Trinajstić information content (AvgIpc) is 3.05. The number of benzene rings is 1. The number of nitrogens with one attached hydrogen (secondary N) is 1. The number of ether oxygens (including phenoxy) is 3. The van der Waals surface area contributed by atoms with Gasteiger partial charge in [-0.05, 0) is 53.0 Å². The summed E-state index contributed by atoms with van der Waals surface area (Å²) in [4.78, 5) is 38.3. The molecule has 1 saturated heterocycles. The van der Waals surface area contributed by atoms with Gasteiger partial charge in [0.15, 0.2) is 0 Å². The van der Waals surface area contributed by atoms with Crippen molar-refractivity contribution in [1.82, 2.24) is 10.2 Å². The predicted molar refractivity (Wildman–Crippen MR) is 121 cm³/mol. The van der Waals surface area contributed by atoms with Gasteiger partial charge < -0.3 is 19.3 Å². The fourth-order valence-corrected chi connectivity index (χ4v) is 3.42. The molecule has 0 spiro atoms. The van der Waals surface area contributed by atoms with Gasteiger partial charge in [-0.15, -0.1) is 0 Å². The van der Waals surface area contributed by atoms with E-state index in [9.17, 15) is 19.5 Å². The molecule has 1 aliphatic rings. The van der Waals surface area contributed by atoms with E-state index in [1.807, 2.05) is 30.3 Å². The Morgan fingerprint density at radius 3 is 2.45 bits per heavy atom. The van der Waals surface area contributed by atoms with Crippen LogP contribution in [0.5, 0.6) is 0 Å². The predicted octanol–water partition coefficient (Wildman–Crippen LogP) is 3.24. The second-order valence-corrected chi connectivity index (χ2v) is 9.76. The standard InChI is InChI=1S/C24H36N2O7/c1-16(19(27)12-13-32-24(5,6)25-21(29)33-23(2,3)4)20(28)26-18(15-31-22(26)30)14-17-10-8-7-9-11-17/h7-11,16,18-19,27H,12-15H2,1-6H3,(H,25,29)/t16-,18-,19+/m1/s1. The second-order valence-electron chi connectivity index (χ2n) is 9.76. The van der Waals surface area contributed by atoms with Crippen LogP contribution in [0.2, 0.25) is 0 Å². The third-order valence-corrected chi connectivity index (χ3v) is 5.16. The maximum atomic E-state index is 13.0. The molecule has 9 heteroatoms. The molecule has 0 radical (unpaired) electrons. The lowest BCUT2D eigenvalue weighted by Gasteiger charge is -2.30. The van der Waals surface area contributed by atoms with Gasteiger partial charge in [-0.3, -0.25) is 10.1 Å². The number of carbonyl (C=O) groups excluding carboxylic acids is 3. The van der Waals surface area contributed by atoms with Crippen molar-refractivity contribution in [1.29, 1.82) is 0 Å². The molecule has 0 unspecified atom stereocenters. The van der Waals surface area contributed by atoms with E-state index in [-0.39, 0.29) is 19.6 Å². The van der Waals surface area contributed by atoms with E-state index >= 15 is 0 Å². The van der Waals surface area contributed by atoms with E-state index in [2.05, 4.69) is 5.32 Å². The molecule has 1 aliphatic heterocycles. The van der Waals surface area contributed by atoms with Crippen LogP contribution in [0.1, 0.15) is 53.5 Å². The number of carbonyl (C=O) groups is 3. The molecular weight excluding hydrogens is 428 g/mol. The monoisotopic (exact) mass is 464 g/mol. The number of aliphatic hydroxyl groups is 1. The first-order chi connectivity index (χ1) is 15.3. The molecule has 33 heavy (non-hydrogen) atoms. The highest BCUT2D eigenvalue weighted by atomic mass is 16.6. The quantitative estimate of drug-likeness (QED) is 0.539. The van der Waals surface area contributed by atoms with Crippen molar-refractivity contribution in [3.8, 4) is 0 Å². The average molecular weight is 465 g/mol. The van der Waals surface area contributed by atoms with Gasteiger partial charge >= 0.3 is 12.2 Å². The Bertz CT molecular complexity index is 820. The Labute approximate surface area is 195 Å². The topological polar surface area (TPSA) is 114 Å². The van der Waals surface area contributed by atoms with Crippen molar-refractivity contribution in [2.75, 3.05) is 13.2 Å². The molecule has 0 bridgehead atoms. The van der Waals surface area contributed by atoms with Crippen LogP contribution in [0.3, 0.4) is 0 Å². The Balaban J connectivity index is 1.87. The molecule has 0 saturated carbocycles. The third-order valence-electron chi connectivity index (χ3n) is 5.16. The van der Waals surface area contributed by atoms with E-state index < -0.39 is 47.5 Å². The molecule has 0 aromatic heterocycles. The summed E-state index contributed by atoms with van der Waals surface area (Å²) in [6.45, 7) is 10.4. The summed E-state index contributed by atoms with van der Waals surface area (Å²) in [5.41, 5.74) is -0.685. The maximum Gasteiger partial charge on any atom is 0.416 e. The minimum absolute atomic E-state index is 0.0828. The minimum Gasteiger partial charge on any atom is -0.447 e. The number of hydrogen-bond acceptors (Lipinski definition) is 7. The van der Waals surface area contributed by atoms with Crippen LogP contribution in [0.15, 0.2) is 30.3 Å². The van der Waals surface area contributed by atoms with Crippen LogP contribution < -0.4 is 5.32 Å². The summed E-state index contributed by atoms with van der Waals surface area (Å²) in [6.07, 6.45) is -1.74. The Kier molecular flexibility index (Phi) is 8.85. The third kappa shape index (κ3) is 8.33. The molecule has 1 heterocycles. The number of imide groups is 1. The number of aliphatic hydroxyl groups excluding tert-OH is 1. The van der Waals surface area contributed by atoms with Crippen molar-refractivity contribution in [3.05, 3.63) is 35.9 Å². The lowest BCUT2D eigenvalue weighted by molar-refractivity contribution is -0.137. The van der Waals surface area contributed by atoms with Gasteiger partial charge in [-0.1, -0.05) is 37.3 Å². The number of hydrogen-bond donors (Lipinski definition) is 2. The molecule has 2 rings (SSSR count). The molecule has 0 aliphatic carbocycles. The summed E-state index contributed by atoms with van der Waals surface area (Å²) in [7, 11) is 0. The van der Waals surface area contributed by atoms with Gasteiger partial charge in [-0.25, -0.2) is 14.5 Å². The summed E-state index contributed by atoms with van der Waals surface area (Å²) in [5.74, 6) is -1.32. The molecule has 2 N–H and O–H groups in total. The molecule has 3 atom stereocenters. The zero-order chi connectivity index (χ0) is 24.8. The summed E-state index contributed by atoms with van der Waals surface area (Å²) < 4.78 is 16.0. The highest BCUT2D eigenvalue weighted by molar-refractivity contribution is 5.95. The zero-order valence-electron chi connectivity index (χ0n) is 20.3. The smallest absolute Gasteiger partial charge is 0.416 e. The molecule has 1 aromatic carbocycles. The Morgan fingerprint density at radius 2 is 1.85 bits per heavy atom. The lowest BCUT2D eigenvalue weighted by Crippen LogP contribution is -2.48. The number of cyclic esters (lactones) is 1. The van der Waals surface area contributed by atoms with Gasteiger partial charge in [-0.2, -0.15) is 0 Å². The molecule has 184 valence electrons. The molecule has 3 amide bonds. The largest absolute Gasteiger partial charge is 0.447 e. The number of amides is 3. The van der Waals surface area contributed by atoms with E-state index in [4.69, 9.17) is 14.2 Å². The highest BCUT2D eigenvalue weighted by Gasteiger charge is 2.41. The van der Waals surface area contributed by atoms with E-state index in [0.717, 1.165) is 10.5 Å². The Hall–Kier alpha value is -2.65. The van der Waals surface area contributed by atoms with Crippen LogP contribution in [-0.2, 0) is 25.4 Å². The van der Waals surface area contributed by atoms with Crippen LogP contribution in [0, 0.1) is 5.92 Å². The number of alkyl carbamates (subject to hydrolysis) is 1. The lowest BCUT2D eigenvalue weighted by atomic mass is 9.98. The Morgan fingerprint density at radius 1 is 1.21 bits per heavy atom. The second kappa shape index (κ2) is 11.0. The van der Waals surface area contributed by atoms with Gasteiger partial charge in [0, 0.05) is 0 Å². The summed E-state index contributed by atoms with van der Waals surface area (Å²) in [6, 6.07) is 9.11. The first-order valence-electron chi connectivity index (χ1n) is 11.2. The fraction of sp³-hybridized carbons (Fsp3) is 0.625. The van der Waals surface area contributed by atoms with Crippen molar-refractivity contribution in [2.24, 2.45) is 5.92 Å².